The van der Waals surface area contributed by atoms with E-state index in [1.807, 2.05) is 25.5 Å². The maximum Gasteiger partial charge on any atom is 0.128 e. The third-order valence-corrected chi connectivity index (χ3v) is 6.76. The van der Waals surface area contributed by atoms with Crippen molar-refractivity contribution in [2.45, 2.75) is 18.4 Å². The molecule has 0 spiro atoms. The zero-order chi connectivity index (χ0) is 22.8. The number of rotatable bonds is 5. The molecule has 33 heavy (non-hydrogen) atoms. The summed E-state index contributed by atoms with van der Waals surface area (Å²) in [5, 5.41) is 13.8. The molecular formula is C25H25N7S. The average molecular weight is 456 g/mol. The molecule has 4 aromatic rings. The van der Waals surface area contributed by atoms with E-state index in [2.05, 4.69) is 62.5 Å². The minimum absolute atomic E-state index is 0.572. The minimum Gasteiger partial charge on any atom is -0.354 e. The van der Waals surface area contributed by atoms with E-state index < -0.39 is 0 Å². The zero-order valence-corrected chi connectivity index (χ0v) is 19.6. The van der Waals surface area contributed by atoms with E-state index in [1.165, 1.54) is 4.90 Å². The molecule has 5 heterocycles. The van der Waals surface area contributed by atoms with Gasteiger partial charge in [-0.25, -0.2) is 9.50 Å². The molecule has 1 aliphatic rings. The van der Waals surface area contributed by atoms with E-state index in [0.29, 0.717) is 5.56 Å². The second-order valence-corrected chi connectivity index (χ2v) is 9.13. The van der Waals surface area contributed by atoms with Crippen molar-refractivity contribution in [2.24, 2.45) is 0 Å². The lowest BCUT2D eigenvalue weighted by molar-refractivity contribution is 0.246. The first-order valence-electron chi connectivity index (χ1n) is 11.0. The van der Waals surface area contributed by atoms with Crippen LogP contribution in [0.2, 0.25) is 0 Å². The van der Waals surface area contributed by atoms with Crippen molar-refractivity contribution in [1.29, 1.82) is 5.26 Å². The fourth-order valence-electron chi connectivity index (χ4n) is 4.28. The van der Waals surface area contributed by atoms with E-state index in [-0.39, 0.29) is 0 Å². The van der Waals surface area contributed by atoms with Crippen LogP contribution >= 0.6 is 11.8 Å². The Balaban J connectivity index is 1.28. The van der Waals surface area contributed by atoms with E-state index in [9.17, 15) is 5.26 Å². The number of anilines is 1. The highest BCUT2D eigenvalue weighted by atomic mass is 32.2. The van der Waals surface area contributed by atoms with Crippen LogP contribution in [0.4, 0.5) is 5.82 Å². The molecule has 0 saturated carbocycles. The van der Waals surface area contributed by atoms with Crippen LogP contribution in [0, 0.1) is 18.3 Å². The molecule has 0 aromatic carbocycles. The molecule has 5 rings (SSSR count). The summed E-state index contributed by atoms with van der Waals surface area (Å²) >= 11 is 1.72. The molecule has 0 N–H and O–H groups in total. The summed E-state index contributed by atoms with van der Waals surface area (Å²) in [7, 11) is 0. The van der Waals surface area contributed by atoms with Gasteiger partial charge in [0.15, 0.2) is 0 Å². The van der Waals surface area contributed by atoms with Crippen molar-refractivity contribution in [3.8, 4) is 17.2 Å². The van der Waals surface area contributed by atoms with Crippen molar-refractivity contribution in [1.82, 2.24) is 24.5 Å². The van der Waals surface area contributed by atoms with Crippen molar-refractivity contribution in [3.63, 3.8) is 0 Å². The Morgan fingerprint density at radius 3 is 2.55 bits per heavy atom. The molecule has 166 valence electrons. The largest absolute Gasteiger partial charge is 0.354 e. The van der Waals surface area contributed by atoms with Gasteiger partial charge in [0.2, 0.25) is 0 Å². The van der Waals surface area contributed by atoms with Crippen LogP contribution in [0.1, 0.15) is 16.8 Å². The quantitative estimate of drug-likeness (QED) is 0.421. The maximum absolute atomic E-state index is 9.48. The first-order valence-corrected chi connectivity index (χ1v) is 12.2. The fraction of sp³-hybridized carbons (Fsp3) is 0.280. The number of aryl methyl sites for hydroxylation is 1. The number of fused-ring (bicyclic) bond motifs is 1. The van der Waals surface area contributed by atoms with Gasteiger partial charge in [0.1, 0.15) is 11.9 Å². The van der Waals surface area contributed by atoms with Gasteiger partial charge in [-0.2, -0.15) is 10.4 Å². The molecule has 0 unspecified atom stereocenters. The minimum atomic E-state index is 0.572. The molecule has 0 bridgehead atoms. The summed E-state index contributed by atoms with van der Waals surface area (Å²) in [6.07, 6.45) is 9.48. The average Bonchev–Trinajstić information content (AvgIpc) is 3.27. The summed E-state index contributed by atoms with van der Waals surface area (Å²) in [6.45, 7) is 6.75. The summed E-state index contributed by atoms with van der Waals surface area (Å²) in [5.41, 5.74) is 5.57. The standard InChI is InChI=1S/C25H25N7S/c1-18-11-23(25-20(12-26)14-29-32(25)16-18)19-3-6-24(28-13-19)31-9-7-30(8-10-31)17-21-4-5-22(33-2)15-27-21/h3-6,11,13-16H,7-10,17H2,1-2H3. The van der Waals surface area contributed by atoms with Gasteiger partial charge in [-0.15, -0.1) is 11.8 Å². The van der Waals surface area contributed by atoms with Crippen LogP contribution in [0.15, 0.2) is 60.0 Å². The maximum atomic E-state index is 9.48. The van der Waals surface area contributed by atoms with Crippen LogP contribution < -0.4 is 4.90 Å². The third kappa shape index (κ3) is 4.42. The second-order valence-electron chi connectivity index (χ2n) is 8.25. The first kappa shape index (κ1) is 21.4. The lowest BCUT2D eigenvalue weighted by Gasteiger charge is -2.35. The number of nitrogens with zero attached hydrogens (tertiary/aromatic N) is 7. The normalized spacial score (nSPS) is 14.5. The van der Waals surface area contributed by atoms with Crippen molar-refractivity contribution in [2.75, 3.05) is 37.3 Å². The topological polar surface area (TPSA) is 73.3 Å². The van der Waals surface area contributed by atoms with E-state index in [1.54, 1.807) is 22.5 Å². The number of aromatic nitrogens is 4. The highest BCUT2D eigenvalue weighted by molar-refractivity contribution is 7.98. The fourth-order valence-corrected chi connectivity index (χ4v) is 4.64. The molecule has 0 amide bonds. The highest BCUT2D eigenvalue weighted by Gasteiger charge is 2.19. The monoisotopic (exact) mass is 455 g/mol. The Morgan fingerprint density at radius 1 is 1.03 bits per heavy atom. The predicted molar refractivity (Wildman–Crippen MR) is 131 cm³/mol. The SMILES string of the molecule is CSc1ccc(CN2CCN(c3ccc(-c4cc(C)cn5ncc(C#N)c45)cn3)CC2)nc1. The molecule has 1 fully saturated rings. The second kappa shape index (κ2) is 9.22. The molecule has 0 atom stereocenters. The van der Waals surface area contributed by atoms with Crippen molar-refractivity contribution in [3.05, 3.63) is 71.9 Å². The van der Waals surface area contributed by atoms with Crippen LogP contribution in [0.5, 0.6) is 0 Å². The molecule has 8 heteroatoms. The van der Waals surface area contributed by atoms with Crippen LogP contribution in [0.25, 0.3) is 16.6 Å². The number of hydrogen-bond donors (Lipinski definition) is 0. The summed E-state index contributed by atoms with van der Waals surface area (Å²) < 4.78 is 1.78. The lowest BCUT2D eigenvalue weighted by atomic mass is 10.0. The van der Waals surface area contributed by atoms with Gasteiger partial charge in [-0.1, -0.05) is 0 Å². The Bertz CT molecular complexity index is 1300. The van der Waals surface area contributed by atoms with E-state index >= 15 is 0 Å². The molecule has 1 aliphatic heterocycles. The van der Waals surface area contributed by atoms with E-state index in [4.69, 9.17) is 4.98 Å². The molecule has 7 nitrogen and oxygen atoms in total. The Labute approximate surface area is 197 Å². The number of hydrogen-bond acceptors (Lipinski definition) is 7. The number of piperazine rings is 1. The van der Waals surface area contributed by atoms with Crippen molar-refractivity contribution >= 4 is 23.1 Å². The summed E-state index contributed by atoms with van der Waals surface area (Å²) in [6, 6.07) is 12.8. The van der Waals surface area contributed by atoms with Gasteiger partial charge in [-0.05, 0) is 49.1 Å². The van der Waals surface area contributed by atoms with Crippen LogP contribution in [-0.4, -0.2) is 56.9 Å². The van der Waals surface area contributed by atoms with Crippen molar-refractivity contribution < 1.29 is 0 Å². The van der Waals surface area contributed by atoms with Gasteiger partial charge in [0, 0.05) is 67.3 Å². The highest BCUT2D eigenvalue weighted by Crippen LogP contribution is 2.29. The van der Waals surface area contributed by atoms with Gasteiger partial charge < -0.3 is 4.90 Å². The Kier molecular flexibility index (Phi) is 5.99. The smallest absolute Gasteiger partial charge is 0.128 e. The number of nitriles is 1. The number of pyridine rings is 3. The van der Waals surface area contributed by atoms with Gasteiger partial charge in [0.05, 0.1) is 23.0 Å². The predicted octanol–water partition coefficient (Wildman–Crippen LogP) is 4.02. The summed E-state index contributed by atoms with van der Waals surface area (Å²) in [4.78, 5) is 15.3. The third-order valence-electron chi connectivity index (χ3n) is 6.04. The van der Waals surface area contributed by atoms with Crippen LogP contribution in [-0.2, 0) is 6.54 Å². The Hall–Kier alpha value is -3.41. The summed E-state index contributed by atoms with van der Waals surface area (Å²) in [5.74, 6) is 0.985. The molecule has 1 saturated heterocycles. The van der Waals surface area contributed by atoms with Gasteiger partial charge in [-0.3, -0.25) is 9.88 Å². The zero-order valence-electron chi connectivity index (χ0n) is 18.8. The van der Waals surface area contributed by atoms with Gasteiger partial charge >= 0.3 is 0 Å². The molecule has 0 radical (unpaired) electrons. The van der Waals surface area contributed by atoms with Gasteiger partial charge in [0.25, 0.3) is 0 Å². The first-order chi connectivity index (χ1) is 16.1. The molecular weight excluding hydrogens is 430 g/mol. The molecule has 4 aromatic heterocycles. The van der Waals surface area contributed by atoms with E-state index in [0.717, 1.165) is 66.4 Å². The molecule has 0 aliphatic carbocycles. The van der Waals surface area contributed by atoms with Crippen LogP contribution in [0.3, 0.4) is 0 Å². The Morgan fingerprint density at radius 2 is 1.88 bits per heavy atom. The lowest BCUT2D eigenvalue weighted by Crippen LogP contribution is -2.46. The number of thioether (sulfide) groups is 1.